The van der Waals surface area contributed by atoms with Gasteiger partial charge in [-0.3, -0.25) is 9.59 Å². The van der Waals surface area contributed by atoms with Crippen LogP contribution in [-0.4, -0.2) is 44.4 Å². The van der Waals surface area contributed by atoms with Gasteiger partial charge in [-0.2, -0.15) is 0 Å². The zero-order valence-corrected chi connectivity index (χ0v) is 12.7. The second-order valence-corrected chi connectivity index (χ2v) is 6.90. The Kier molecular flexibility index (Phi) is 7.66. The maximum Gasteiger partial charge on any atom is 0.306 e. The van der Waals surface area contributed by atoms with Gasteiger partial charge in [-0.1, -0.05) is 13.8 Å². The molecule has 1 unspecified atom stereocenters. The molecule has 1 N–H and O–H groups in total. The van der Waals surface area contributed by atoms with Crippen LogP contribution in [-0.2, 0) is 24.2 Å². The van der Waals surface area contributed by atoms with Crippen LogP contribution in [0, 0.1) is 0 Å². The zero-order chi connectivity index (χ0) is 15.1. The van der Waals surface area contributed by atoms with E-state index in [1.54, 1.807) is 0 Å². The maximum absolute atomic E-state index is 11.9. The Morgan fingerprint density at radius 3 is 2.16 bits per heavy atom. The summed E-state index contributed by atoms with van der Waals surface area (Å²) in [5.41, 5.74) is 0. The summed E-state index contributed by atoms with van der Waals surface area (Å²) < 4.78 is 28.2. The Morgan fingerprint density at radius 2 is 1.74 bits per heavy atom. The third-order valence-electron chi connectivity index (χ3n) is 2.98. The molecule has 6 nitrogen and oxygen atoms in total. The van der Waals surface area contributed by atoms with Gasteiger partial charge in [0.2, 0.25) is 5.91 Å². The van der Waals surface area contributed by atoms with Gasteiger partial charge in [0.1, 0.15) is 5.75 Å². The summed E-state index contributed by atoms with van der Waals surface area (Å²) in [5, 5.41) is 1.74. The van der Waals surface area contributed by atoms with E-state index in [0.29, 0.717) is 0 Å². The van der Waals surface area contributed by atoms with Crippen molar-refractivity contribution < 1.29 is 22.7 Å². The van der Waals surface area contributed by atoms with Gasteiger partial charge in [0, 0.05) is 6.04 Å². The van der Waals surface area contributed by atoms with E-state index in [4.69, 9.17) is 0 Å². The minimum Gasteiger partial charge on any atom is -0.469 e. The van der Waals surface area contributed by atoms with Gasteiger partial charge < -0.3 is 10.1 Å². The Balaban J connectivity index is 4.51. The Labute approximate surface area is 114 Å². The molecule has 7 heteroatoms. The summed E-state index contributed by atoms with van der Waals surface area (Å²) in [6.45, 7) is 5.24. The normalized spacial score (nSPS) is 13.1. The molecule has 0 rings (SSSR count). The van der Waals surface area contributed by atoms with E-state index in [2.05, 4.69) is 10.1 Å². The van der Waals surface area contributed by atoms with Gasteiger partial charge in [-0.05, 0) is 19.8 Å². The number of ether oxygens (including phenoxy) is 1. The van der Waals surface area contributed by atoms with Gasteiger partial charge in [-0.25, -0.2) is 8.42 Å². The van der Waals surface area contributed by atoms with E-state index >= 15 is 0 Å². The second kappa shape index (κ2) is 8.14. The molecule has 0 aromatic rings. The molecule has 0 aromatic heterocycles. The van der Waals surface area contributed by atoms with Gasteiger partial charge in [0.25, 0.3) is 0 Å². The fourth-order valence-electron chi connectivity index (χ4n) is 1.53. The molecule has 0 bridgehead atoms. The van der Waals surface area contributed by atoms with Crippen LogP contribution in [0.1, 0.15) is 40.0 Å². The third kappa shape index (κ3) is 6.56. The molecule has 0 spiro atoms. The molecular weight excluding hydrogens is 270 g/mol. The highest BCUT2D eigenvalue weighted by Gasteiger charge is 2.27. The van der Waals surface area contributed by atoms with Crippen molar-refractivity contribution in [1.82, 2.24) is 5.32 Å². The largest absolute Gasteiger partial charge is 0.469 e. The highest BCUT2D eigenvalue weighted by molar-refractivity contribution is 7.92. The molecule has 19 heavy (non-hydrogen) atoms. The molecule has 112 valence electrons. The molecule has 0 aliphatic rings. The molecule has 0 fully saturated rings. The van der Waals surface area contributed by atoms with Crippen LogP contribution in [0.4, 0.5) is 0 Å². The molecule has 0 aliphatic heterocycles. The van der Waals surface area contributed by atoms with Crippen molar-refractivity contribution in [3.05, 3.63) is 0 Å². The summed E-state index contributed by atoms with van der Waals surface area (Å²) in [6.07, 6.45) is 1.26. The lowest BCUT2D eigenvalue weighted by atomic mass is 10.2. The van der Waals surface area contributed by atoms with Crippen LogP contribution in [0.15, 0.2) is 0 Å². The third-order valence-corrected chi connectivity index (χ3v) is 5.04. The number of amides is 1. The smallest absolute Gasteiger partial charge is 0.306 e. The lowest BCUT2D eigenvalue weighted by Gasteiger charge is -2.16. The summed E-state index contributed by atoms with van der Waals surface area (Å²) in [6, 6.07) is -0.0152. The minimum atomic E-state index is -3.64. The molecule has 1 atom stereocenters. The first-order valence-electron chi connectivity index (χ1n) is 6.34. The number of hydrogen-bond acceptors (Lipinski definition) is 5. The first kappa shape index (κ1) is 17.9. The van der Waals surface area contributed by atoms with Crippen LogP contribution in [0.2, 0.25) is 0 Å². The number of esters is 1. The first-order chi connectivity index (χ1) is 8.76. The number of carbonyl (C=O) groups excluding carboxylic acids is 2. The lowest BCUT2D eigenvalue weighted by Crippen LogP contribution is -2.40. The summed E-state index contributed by atoms with van der Waals surface area (Å²) in [5.74, 6) is -1.72. The highest BCUT2D eigenvalue weighted by Crippen LogP contribution is 2.08. The van der Waals surface area contributed by atoms with Crippen molar-refractivity contribution in [3.63, 3.8) is 0 Å². The molecule has 0 saturated carbocycles. The van der Waals surface area contributed by atoms with Gasteiger partial charge in [0.15, 0.2) is 9.84 Å². The van der Waals surface area contributed by atoms with E-state index < -0.39 is 32.7 Å². The van der Waals surface area contributed by atoms with Crippen molar-refractivity contribution in [1.29, 1.82) is 0 Å². The first-order valence-corrected chi connectivity index (χ1v) is 8.06. The highest BCUT2D eigenvalue weighted by atomic mass is 32.2. The molecule has 0 aromatic carbocycles. The van der Waals surface area contributed by atoms with Gasteiger partial charge in [0.05, 0.1) is 18.8 Å². The van der Waals surface area contributed by atoms with E-state index in [1.807, 2.05) is 13.8 Å². The predicted molar refractivity (Wildman–Crippen MR) is 72.4 cm³/mol. The number of hydrogen-bond donors (Lipinski definition) is 1. The Hall–Kier alpha value is -1.11. The topological polar surface area (TPSA) is 89.5 Å². The summed E-state index contributed by atoms with van der Waals surface area (Å²) >= 11 is 0. The second-order valence-electron chi connectivity index (χ2n) is 4.48. The molecule has 0 aliphatic carbocycles. The monoisotopic (exact) mass is 293 g/mol. The summed E-state index contributed by atoms with van der Waals surface area (Å²) in [4.78, 5) is 22.7. The zero-order valence-electron chi connectivity index (χ0n) is 11.9. The van der Waals surface area contributed by atoms with Crippen LogP contribution >= 0.6 is 0 Å². The summed E-state index contributed by atoms with van der Waals surface area (Å²) in [7, 11) is -2.44. The molecule has 0 saturated heterocycles. The maximum atomic E-state index is 11.9. The Bertz CT molecular complexity index is 400. The van der Waals surface area contributed by atoms with Crippen molar-refractivity contribution >= 4 is 21.7 Å². The van der Waals surface area contributed by atoms with E-state index in [0.717, 1.165) is 12.8 Å². The van der Waals surface area contributed by atoms with E-state index in [9.17, 15) is 18.0 Å². The standard InChI is InChI=1S/C12H23NO5S/c1-5-10(6-2)13-11(14)8-19(16,17)9(3)7-12(15)18-4/h9-10H,5-8H2,1-4H3,(H,13,14). The fraction of sp³-hybridized carbons (Fsp3) is 0.833. The van der Waals surface area contributed by atoms with Crippen molar-refractivity contribution in [3.8, 4) is 0 Å². The lowest BCUT2D eigenvalue weighted by molar-refractivity contribution is -0.140. The number of rotatable bonds is 8. The molecular formula is C12H23NO5S. The van der Waals surface area contributed by atoms with Crippen molar-refractivity contribution in [2.45, 2.75) is 51.3 Å². The number of sulfone groups is 1. The molecule has 1 amide bonds. The SMILES string of the molecule is CCC(CC)NC(=O)CS(=O)(=O)C(C)CC(=O)OC. The number of nitrogens with one attached hydrogen (secondary N) is 1. The van der Waals surface area contributed by atoms with Crippen LogP contribution in [0.5, 0.6) is 0 Å². The van der Waals surface area contributed by atoms with Crippen LogP contribution < -0.4 is 5.32 Å². The molecule has 0 radical (unpaired) electrons. The van der Waals surface area contributed by atoms with Gasteiger partial charge >= 0.3 is 5.97 Å². The van der Waals surface area contributed by atoms with Crippen LogP contribution in [0.25, 0.3) is 0 Å². The average Bonchev–Trinajstić information content (AvgIpc) is 2.34. The molecule has 0 heterocycles. The average molecular weight is 293 g/mol. The predicted octanol–water partition coefficient (Wildman–Crippen LogP) is 0.658. The van der Waals surface area contributed by atoms with Crippen molar-refractivity contribution in [2.24, 2.45) is 0 Å². The number of methoxy groups -OCH3 is 1. The fourth-order valence-corrected chi connectivity index (χ4v) is 2.66. The Morgan fingerprint density at radius 1 is 1.21 bits per heavy atom. The van der Waals surface area contributed by atoms with E-state index in [1.165, 1.54) is 14.0 Å². The van der Waals surface area contributed by atoms with Crippen LogP contribution in [0.3, 0.4) is 0 Å². The minimum absolute atomic E-state index is 0.0152. The van der Waals surface area contributed by atoms with E-state index in [-0.39, 0.29) is 12.5 Å². The van der Waals surface area contributed by atoms with Crippen molar-refractivity contribution in [2.75, 3.05) is 12.9 Å². The van der Waals surface area contributed by atoms with Gasteiger partial charge in [-0.15, -0.1) is 0 Å². The number of carbonyl (C=O) groups is 2. The quantitative estimate of drug-likeness (QED) is 0.664.